The van der Waals surface area contributed by atoms with Gasteiger partial charge in [-0.25, -0.2) is 0 Å². The van der Waals surface area contributed by atoms with E-state index in [1.165, 1.54) is 19.3 Å². The number of aliphatic imine (C=N–C) groups is 1. The van der Waals surface area contributed by atoms with Gasteiger partial charge in [0.1, 0.15) is 0 Å². The minimum absolute atomic E-state index is 0.346. The molecule has 0 aromatic heterocycles. The van der Waals surface area contributed by atoms with Crippen molar-refractivity contribution >= 4 is 5.96 Å². The van der Waals surface area contributed by atoms with Crippen LogP contribution in [0.15, 0.2) is 4.99 Å². The Balaban J connectivity index is 2.26. The molecule has 0 bridgehead atoms. The molecule has 0 radical (unpaired) electrons. The standard InChI is InChI=1S/C16H33N3O/c1-13(2)8-7-9-14(3)19-15(17)18-12-16(20)10-5-4-6-11-16/h13-14,20H,4-12H2,1-3H3,(H3,17,18,19). The number of nitrogens with two attached hydrogens (primary N) is 1. The lowest BCUT2D eigenvalue weighted by Gasteiger charge is -2.30. The summed E-state index contributed by atoms with van der Waals surface area (Å²) in [5.41, 5.74) is 5.29. The number of hydrogen-bond donors (Lipinski definition) is 3. The Morgan fingerprint density at radius 1 is 1.20 bits per heavy atom. The van der Waals surface area contributed by atoms with E-state index in [0.29, 0.717) is 18.5 Å². The van der Waals surface area contributed by atoms with Crippen LogP contribution in [0.5, 0.6) is 0 Å². The predicted molar refractivity (Wildman–Crippen MR) is 85.8 cm³/mol. The van der Waals surface area contributed by atoms with E-state index in [2.05, 4.69) is 31.1 Å². The van der Waals surface area contributed by atoms with E-state index >= 15 is 0 Å². The van der Waals surface area contributed by atoms with Crippen molar-refractivity contribution in [2.24, 2.45) is 16.6 Å². The molecule has 1 saturated carbocycles. The van der Waals surface area contributed by atoms with Crippen LogP contribution in [-0.4, -0.2) is 29.3 Å². The Labute approximate surface area is 124 Å². The second-order valence-corrected chi connectivity index (χ2v) is 6.86. The Kier molecular flexibility index (Phi) is 7.35. The lowest BCUT2D eigenvalue weighted by atomic mass is 9.85. The van der Waals surface area contributed by atoms with Crippen LogP contribution in [-0.2, 0) is 0 Å². The highest BCUT2D eigenvalue weighted by molar-refractivity contribution is 5.78. The summed E-state index contributed by atoms with van der Waals surface area (Å²) in [6.07, 6.45) is 8.72. The first-order valence-corrected chi connectivity index (χ1v) is 8.20. The summed E-state index contributed by atoms with van der Waals surface area (Å²) in [6.45, 7) is 7.07. The molecule has 118 valence electrons. The average Bonchev–Trinajstić information content (AvgIpc) is 2.37. The number of hydrogen-bond acceptors (Lipinski definition) is 2. The predicted octanol–water partition coefficient (Wildman–Crippen LogP) is 2.80. The van der Waals surface area contributed by atoms with E-state index in [1.807, 2.05) is 0 Å². The maximum atomic E-state index is 10.4. The van der Waals surface area contributed by atoms with Crippen molar-refractivity contribution in [2.75, 3.05) is 6.54 Å². The Hall–Kier alpha value is -0.770. The summed E-state index contributed by atoms with van der Waals surface area (Å²) < 4.78 is 0. The van der Waals surface area contributed by atoms with Gasteiger partial charge in [-0.3, -0.25) is 4.99 Å². The Morgan fingerprint density at radius 2 is 1.85 bits per heavy atom. The zero-order chi connectivity index (χ0) is 15.0. The molecule has 1 aliphatic rings. The highest BCUT2D eigenvalue weighted by Gasteiger charge is 2.28. The quantitative estimate of drug-likeness (QED) is 0.497. The molecular formula is C16H33N3O. The van der Waals surface area contributed by atoms with E-state index in [9.17, 15) is 5.11 Å². The molecule has 0 aromatic rings. The van der Waals surface area contributed by atoms with Gasteiger partial charge in [0.05, 0.1) is 12.1 Å². The lowest BCUT2D eigenvalue weighted by Crippen LogP contribution is -2.41. The second-order valence-electron chi connectivity index (χ2n) is 6.86. The van der Waals surface area contributed by atoms with Gasteiger partial charge in [-0.2, -0.15) is 0 Å². The number of aliphatic hydroxyl groups is 1. The van der Waals surface area contributed by atoms with Crippen LogP contribution in [0.1, 0.15) is 72.1 Å². The van der Waals surface area contributed by atoms with Crippen LogP contribution in [0.2, 0.25) is 0 Å². The number of nitrogens with zero attached hydrogens (tertiary/aromatic N) is 1. The second kappa shape index (κ2) is 8.50. The molecule has 0 amide bonds. The van der Waals surface area contributed by atoms with Crippen LogP contribution in [0.4, 0.5) is 0 Å². The van der Waals surface area contributed by atoms with Crippen molar-refractivity contribution < 1.29 is 5.11 Å². The van der Waals surface area contributed by atoms with Gasteiger partial charge in [-0.05, 0) is 32.1 Å². The molecule has 20 heavy (non-hydrogen) atoms. The summed E-state index contributed by atoms with van der Waals surface area (Å²) in [7, 11) is 0. The minimum Gasteiger partial charge on any atom is -0.388 e. The fourth-order valence-electron chi connectivity index (χ4n) is 2.80. The van der Waals surface area contributed by atoms with Crippen molar-refractivity contribution in [3.8, 4) is 0 Å². The van der Waals surface area contributed by atoms with Gasteiger partial charge >= 0.3 is 0 Å². The summed E-state index contributed by atoms with van der Waals surface area (Å²) in [5, 5.41) is 13.6. The van der Waals surface area contributed by atoms with Crippen molar-refractivity contribution in [1.82, 2.24) is 5.32 Å². The third-order valence-electron chi connectivity index (χ3n) is 4.14. The monoisotopic (exact) mass is 283 g/mol. The molecule has 4 nitrogen and oxygen atoms in total. The molecule has 1 atom stereocenters. The van der Waals surface area contributed by atoms with Gasteiger partial charge < -0.3 is 16.2 Å². The summed E-state index contributed by atoms with van der Waals surface area (Å²) in [5.74, 6) is 1.23. The third-order valence-corrected chi connectivity index (χ3v) is 4.14. The first-order valence-electron chi connectivity index (χ1n) is 8.20. The Morgan fingerprint density at radius 3 is 2.45 bits per heavy atom. The average molecular weight is 283 g/mol. The number of nitrogens with one attached hydrogen (secondary N) is 1. The molecule has 4 N–H and O–H groups in total. The summed E-state index contributed by atoms with van der Waals surface area (Å²) >= 11 is 0. The highest BCUT2D eigenvalue weighted by atomic mass is 16.3. The van der Waals surface area contributed by atoms with Crippen LogP contribution in [0.3, 0.4) is 0 Å². The molecule has 0 aromatic carbocycles. The van der Waals surface area contributed by atoms with Crippen LogP contribution in [0.25, 0.3) is 0 Å². The van der Waals surface area contributed by atoms with E-state index < -0.39 is 5.60 Å². The van der Waals surface area contributed by atoms with Crippen molar-refractivity contribution in [1.29, 1.82) is 0 Å². The summed E-state index contributed by atoms with van der Waals surface area (Å²) in [6, 6.07) is 0.346. The van der Waals surface area contributed by atoms with Gasteiger partial charge in [0, 0.05) is 6.04 Å². The molecule has 1 rings (SSSR count). The molecule has 0 aliphatic heterocycles. The molecule has 1 unspecified atom stereocenters. The maximum Gasteiger partial charge on any atom is 0.188 e. The fourth-order valence-corrected chi connectivity index (χ4v) is 2.80. The van der Waals surface area contributed by atoms with Crippen molar-refractivity contribution in [3.63, 3.8) is 0 Å². The fraction of sp³-hybridized carbons (Fsp3) is 0.938. The van der Waals surface area contributed by atoms with Gasteiger partial charge in [0.15, 0.2) is 5.96 Å². The van der Waals surface area contributed by atoms with Crippen LogP contribution >= 0.6 is 0 Å². The molecule has 0 saturated heterocycles. The molecular weight excluding hydrogens is 250 g/mol. The topological polar surface area (TPSA) is 70.6 Å². The first-order chi connectivity index (χ1) is 9.41. The van der Waals surface area contributed by atoms with E-state index in [0.717, 1.165) is 38.0 Å². The first kappa shape index (κ1) is 17.3. The largest absolute Gasteiger partial charge is 0.388 e. The minimum atomic E-state index is -0.620. The van der Waals surface area contributed by atoms with Gasteiger partial charge in [0.25, 0.3) is 0 Å². The van der Waals surface area contributed by atoms with Crippen molar-refractivity contribution in [2.45, 2.75) is 83.8 Å². The van der Waals surface area contributed by atoms with Crippen molar-refractivity contribution in [3.05, 3.63) is 0 Å². The maximum absolute atomic E-state index is 10.4. The third kappa shape index (κ3) is 7.13. The zero-order valence-corrected chi connectivity index (χ0v) is 13.5. The molecule has 4 heteroatoms. The van der Waals surface area contributed by atoms with E-state index in [4.69, 9.17) is 5.73 Å². The SMILES string of the molecule is CC(C)CCCC(C)NC(N)=NCC1(O)CCCCC1. The smallest absolute Gasteiger partial charge is 0.188 e. The molecule has 1 aliphatic carbocycles. The van der Waals surface area contributed by atoms with E-state index in [1.54, 1.807) is 0 Å². The van der Waals surface area contributed by atoms with E-state index in [-0.39, 0.29) is 0 Å². The lowest BCUT2D eigenvalue weighted by molar-refractivity contribution is 0.0132. The number of guanidine groups is 1. The molecule has 0 spiro atoms. The molecule has 1 fully saturated rings. The zero-order valence-electron chi connectivity index (χ0n) is 13.5. The number of rotatable bonds is 7. The normalized spacial score (nSPS) is 20.9. The highest BCUT2D eigenvalue weighted by Crippen LogP contribution is 2.28. The van der Waals surface area contributed by atoms with Gasteiger partial charge in [-0.15, -0.1) is 0 Å². The summed E-state index contributed by atoms with van der Waals surface area (Å²) in [4.78, 5) is 4.34. The van der Waals surface area contributed by atoms with Gasteiger partial charge in [0.2, 0.25) is 0 Å². The van der Waals surface area contributed by atoms with Crippen LogP contribution < -0.4 is 11.1 Å². The Bertz CT molecular complexity index is 296. The van der Waals surface area contributed by atoms with Crippen LogP contribution in [0, 0.1) is 5.92 Å². The molecule has 0 heterocycles. The van der Waals surface area contributed by atoms with Gasteiger partial charge in [-0.1, -0.05) is 46.0 Å².